The number of carbonyl (C=O) groups is 2. The van der Waals surface area contributed by atoms with Gasteiger partial charge in [-0.15, -0.1) is 0 Å². The van der Waals surface area contributed by atoms with Crippen LogP contribution in [0.2, 0.25) is 0 Å². The van der Waals surface area contributed by atoms with Crippen LogP contribution in [0.5, 0.6) is 0 Å². The van der Waals surface area contributed by atoms with Crippen LogP contribution in [0.1, 0.15) is 62.6 Å². The Morgan fingerprint density at radius 1 is 1.16 bits per heavy atom. The fraction of sp³-hybridized carbons (Fsp3) is 0.737. The molecule has 1 aromatic rings. The van der Waals surface area contributed by atoms with Crippen LogP contribution in [0, 0.1) is 24.2 Å². The Kier molecular flexibility index (Phi) is 5.59. The van der Waals surface area contributed by atoms with Crippen LogP contribution in [-0.2, 0) is 11.8 Å². The maximum atomic E-state index is 12.8. The number of aromatic nitrogens is 2. The lowest BCUT2D eigenvalue weighted by atomic mass is 9.69. The van der Waals surface area contributed by atoms with E-state index in [9.17, 15) is 9.59 Å². The highest BCUT2D eigenvalue weighted by atomic mass is 16.2. The molecule has 1 heterocycles. The van der Waals surface area contributed by atoms with Crippen molar-refractivity contribution in [3.63, 3.8) is 0 Å². The first-order valence-electron chi connectivity index (χ1n) is 9.08. The van der Waals surface area contributed by atoms with Crippen LogP contribution in [-0.4, -0.2) is 40.6 Å². The third kappa shape index (κ3) is 4.22. The Morgan fingerprint density at radius 2 is 1.72 bits per heavy atom. The predicted molar refractivity (Wildman–Crippen MR) is 99.5 cm³/mol. The third-order valence-corrected chi connectivity index (χ3v) is 5.51. The first kappa shape index (κ1) is 19.5. The SMILES string of the molecule is Cc1c(NC(=O)C2CCC(C(C)(C)C)CC2)c(C(=O)N(C)C)nn1C. The van der Waals surface area contributed by atoms with Crippen LogP contribution in [0.15, 0.2) is 0 Å². The molecule has 2 rings (SSSR count). The van der Waals surface area contributed by atoms with E-state index in [2.05, 4.69) is 31.2 Å². The molecular formula is C19H32N4O2. The van der Waals surface area contributed by atoms with Crippen LogP contribution in [0.4, 0.5) is 5.69 Å². The largest absolute Gasteiger partial charge is 0.343 e. The molecule has 1 N–H and O–H groups in total. The van der Waals surface area contributed by atoms with Crippen LogP contribution >= 0.6 is 0 Å². The van der Waals surface area contributed by atoms with E-state index < -0.39 is 0 Å². The molecule has 1 saturated carbocycles. The van der Waals surface area contributed by atoms with Gasteiger partial charge in [-0.3, -0.25) is 14.3 Å². The minimum Gasteiger partial charge on any atom is -0.343 e. The molecule has 140 valence electrons. The zero-order valence-electron chi connectivity index (χ0n) is 16.6. The summed E-state index contributed by atoms with van der Waals surface area (Å²) in [4.78, 5) is 26.6. The Bertz CT molecular complexity index is 647. The third-order valence-electron chi connectivity index (χ3n) is 5.51. The van der Waals surface area contributed by atoms with E-state index in [1.807, 2.05) is 6.92 Å². The molecule has 0 radical (unpaired) electrons. The highest BCUT2D eigenvalue weighted by molar-refractivity contribution is 6.03. The van der Waals surface area contributed by atoms with Crippen molar-refractivity contribution in [1.82, 2.24) is 14.7 Å². The summed E-state index contributed by atoms with van der Waals surface area (Å²) in [5.74, 6) is 0.495. The minimum atomic E-state index is -0.199. The monoisotopic (exact) mass is 348 g/mol. The molecule has 1 fully saturated rings. The van der Waals surface area contributed by atoms with E-state index in [1.165, 1.54) is 4.90 Å². The average Bonchev–Trinajstić information content (AvgIpc) is 2.81. The van der Waals surface area contributed by atoms with Gasteiger partial charge >= 0.3 is 0 Å². The van der Waals surface area contributed by atoms with Gasteiger partial charge in [0.05, 0.1) is 11.4 Å². The van der Waals surface area contributed by atoms with E-state index in [1.54, 1.807) is 25.8 Å². The van der Waals surface area contributed by atoms with E-state index in [-0.39, 0.29) is 17.7 Å². The molecule has 1 aromatic heterocycles. The van der Waals surface area contributed by atoms with Crippen molar-refractivity contribution in [2.45, 2.75) is 53.4 Å². The van der Waals surface area contributed by atoms with E-state index in [4.69, 9.17) is 0 Å². The number of anilines is 1. The Balaban J connectivity index is 2.10. The molecule has 0 spiro atoms. The van der Waals surface area contributed by atoms with E-state index in [0.717, 1.165) is 31.4 Å². The predicted octanol–water partition coefficient (Wildman–Crippen LogP) is 3.22. The molecular weight excluding hydrogens is 316 g/mol. The van der Waals surface area contributed by atoms with Gasteiger partial charge in [-0.2, -0.15) is 5.10 Å². The molecule has 6 heteroatoms. The van der Waals surface area contributed by atoms with Crippen molar-refractivity contribution in [2.75, 3.05) is 19.4 Å². The number of hydrogen-bond acceptors (Lipinski definition) is 3. The second-order valence-corrected chi connectivity index (χ2v) is 8.54. The summed E-state index contributed by atoms with van der Waals surface area (Å²) >= 11 is 0. The van der Waals surface area contributed by atoms with Crippen molar-refractivity contribution in [2.24, 2.45) is 24.3 Å². The van der Waals surface area contributed by atoms with Gasteiger partial charge in [0.25, 0.3) is 5.91 Å². The fourth-order valence-corrected chi connectivity index (χ4v) is 3.57. The zero-order valence-corrected chi connectivity index (χ0v) is 16.6. The molecule has 0 aliphatic heterocycles. The van der Waals surface area contributed by atoms with Gasteiger partial charge in [0.15, 0.2) is 5.69 Å². The molecule has 2 amide bonds. The first-order chi connectivity index (χ1) is 11.5. The lowest BCUT2D eigenvalue weighted by Gasteiger charge is -2.36. The molecule has 0 saturated heterocycles. The minimum absolute atomic E-state index is 0.0104. The van der Waals surface area contributed by atoms with Crippen molar-refractivity contribution in [1.29, 1.82) is 0 Å². The van der Waals surface area contributed by atoms with Gasteiger partial charge in [-0.1, -0.05) is 20.8 Å². The smallest absolute Gasteiger partial charge is 0.276 e. The molecule has 25 heavy (non-hydrogen) atoms. The maximum Gasteiger partial charge on any atom is 0.276 e. The van der Waals surface area contributed by atoms with Gasteiger partial charge in [0.2, 0.25) is 5.91 Å². The Morgan fingerprint density at radius 3 is 2.20 bits per heavy atom. The molecule has 0 bridgehead atoms. The van der Waals surface area contributed by atoms with Gasteiger partial charge in [0.1, 0.15) is 0 Å². The van der Waals surface area contributed by atoms with Crippen LogP contribution < -0.4 is 5.32 Å². The molecule has 0 aromatic carbocycles. The van der Waals surface area contributed by atoms with E-state index in [0.29, 0.717) is 22.7 Å². The van der Waals surface area contributed by atoms with Crippen LogP contribution in [0.25, 0.3) is 0 Å². The second kappa shape index (κ2) is 7.18. The summed E-state index contributed by atoms with van der Waals surface area (Å²) in [6.45, 7) is 8.69. The molecule has 1 aliphatic rings. The Hall–Kier alpha value is -1.85. The summed E-state index contributed by atoms with van der Waals surface area (Å²) in [5, 5.41) is 7.27. The molecule has 6 nitrogen and oxygen atoms in total. The normalized spacial score (nSPS) is 21.1. The number of nitrogens with one attached hydrogen (secondary N) is 1. The van der Waals surface area contributed by atoms with E-state index >= 15 is 0 Å². The lowest BCUT2D eigenvalue weighted by Crippen LogP contribution is -2.32. The molecule has 0 unspecified atom stereocenters. The fourth-order valence-electron chi connectivity index (χ4n) is 3.57. The number of amides is 2. The summed E-state index contributed by atoms with van der Waals surface area (Å²) in [6.07, 6.45) is 3.97. The first-order valence-corrected chi connectivity index (χ1v) is 9.08. The van der Waals surface area contributed by atoms with Crippen LogP contribution in [0.3, 0.4) is 0 Å². The second-order valence-electron chi connectivity index (χ2n) is 8.54. The van der Waals surface area contributed by atoms with Crippen molar-refractivity contribution < 1.29 is 9.59 Å². The summed E-state index contributed by atoms with van der Waals surface area (Å²) < 4.78 is 1.64. The average molecular weight is 348 g/mol. The number of aryl methyl sites for hydroxylation is 1. The quantitative estimate of drug-likeness (QED) is 0.912. The highest BCUT2D eigenvalue weighted by Gasteiger charge is 2.33. The van der Waals surface area contributed by atoms with Gasteiger partial charge in [-0.05, 0) is 43.9 Å². The van der Waals surface area contributed by atoms with Crippen molar-refractivity contribution in [3.8, 4) is 0 Å². The lowest BCUT2D eigenvalue weighted by molar-refractivity contribution is -0.121. The van der Waals surface area contributed by atoms with Crippen molar-refractivity contribution >= 4 is 17.5 Å². The molecule has 1 aliphatic carbocycles. The van der Waals surface area contributed by atoms with Gasteiger partial charge in [-0.25, -0.2) is 0 Å². The Labute approximate surface area is 151 Å². The summed E-state index contributed by atoms with van der Waals surface area (Å²) in [5.41, 5.74) is 1.94. The van der Waals surface area contributed by atoms with Crippen molar-refractivity contribution in [3.05, 3.63) is 11.4 Å². The standard InChI is InChI=1S/C19H32N4O2/c1-12-15(16(21-23(12)7)18(25)22(5)6)20-17(24)13-8-10-14(11-9-13)19(2,3)4/h13-14H,8-11H2,1-7H3,(H,20,24). The number of rotatable bonds is 3. The number of hydrogen-bond donors (Lipinski definition) is 1. The number of nitrogens with zero attached hydrogens (tertiary/aromatic N) is 3. The zero-order chi connectivity index (χ0) is 18.9. The summed E-state index contributed by atoms with van der Waals surface area (Å²) in [6, 6.07) is 0. The summed E-state index contributed by atoms with van der Waals surface area (Å²) in [7, 11) is 5.16. The van der Waals surface area contributed by atoms with Gasteiger partial charge < -0.3 is 10.2 Å². The number of carbonyl (C=O) groups excluding carboxylic acids is 2. The molecule has 0 atom stereocenters. The van der Waals surface area contributed by atoms with Gasteiger partial charge in [0, 0.05) is 27.1 Å². The highest BCUT2D eigenvalue weighted by Crippen LogP contribution is 2.40. The maximum absolute atomic E-state index is 12.8. The topological polar surface area (TPSA) is 67.2 Å².